The lowest BCUT2D eigenvalue weighted by molar-refractivity contribution is -0.384. The Morgan fingerprint density at radius 1 is 1.53 bits per heavy atom. The maximum Gasteiger partial charge on any atom is 0.311 e. The quantitative estimate of drug-likeness (QED) is 0.665. The molecule has 0 spiro atoms. The van der Waals surface area contributed by atoms with Crippen molar-refractivity contribution in [1.29, 1.82) is 0 Å². The lowest BCUT2D eigenvalue weighted by Gasteiger charge is -2.36. The zero-order chi connectivity index (χ0) is 13.8. The number of aryl methyl sites for hydroxylation is 1. The van der Waals surface area contributed by atoms with Crippen molar-refractivity contribution in [1.82, 2.24) is 4.98 Å². The Kier molecular flexibility index (Phi) is 4.31. The molecular formula is C13H19N3O3. The standard InChI is InChI=1S/C13H19N3O3/c1-10-5-6-12(16(18)19)13(14-10)15-8-3-2-4-11(15)7-9-17/h5-6,11,17H,2-4,7-9H2,1H3. The van der Waals surface area contributed by atoms with Crippen molar-refractivity contribution in [2.24, 2.45) is 0 Å². The molecule has 2 heterocycles. The normalized spacial score (nSPS) is 19.5. The van der Waals surface area contributed by atoms with Crippen LogP contribution in [0.3, 0.4) is 0 Å². The fourth-order valence-electron chi connectivity index (χ4n) is 2.62. The number of anilines is 1. The van der Waals surface area contributed by atoms with E-state index in [-0.39, 0.29) is 23.3 Å². The summed E-state index contributed by atoms with van der Waals surface area (Å²) in [6.45, 7) is 2.70. The molecule has 1 aliphatic rings. The van der Waals surface area contributed by atoms with Crippen LogP contribution in [0, 0.1) is 17.0 Å². The topological polar surface area (TPSA) is 79.5 Å². The fraction of sp³-hybridized carbons (Fsp3) is 0.615. The van der Waals surface area contributed by atoms with E-state index in [9.17, 15) is 10.1 Å². The smallest absolute Gasteiger partial charge is 0.311 e. The van der Waals surface area contributed by atoms with E-state index in [1.807, 2.05) is 11.8 Å². The molecule has 2 rings (SSSR count). The zero-order valence-corrected chi connectivity index (χ0v) is 11.1. The first-order valence-corrected chi connectivity index (χ1v) is 6.63. The minimum absolute atomic E-state index is 0.0513. The van der Waals surface area contributed by atoms with Gasteiger partial charge in [-0.3, -0.25) is 10.1 Å². The maximum atomic E-state index is 11.1. The molecule has 1 aliphatic heterocycles. The minimum atomic E-state index is -0.383. The summed E-state index contributed by atoms with van der Waals surface area (Å²) in [6, 6.07) is 3.32. The molecule has 1 atom stereocenters. The molecule has 0 radical (unpaired) electrons. The van der Waals surface area contributed by atoms with Gasteiger partial charge in [0.2, 0.25) is 5.82 Å². The van der Waals surface area contributed by atoms with Gasteiger partial charge in [-0.1, -0.05) is 0 Å². The largest absolute Gasteiger partial charge is 0.396 e. The van der Waals surface area contributed by atoms with Gasteiger partial charge in [0.1, 0.15) is 0 Å². The third-order valence-corrected chi connectivity index (χ3v) is 3.55. The van der Waals surface area contributed by atoms with Gasteiger partial charge in [0.25, 0.3) is 0 Å². The molecule has 1 aromatic heterocycles. The van der Waals surface area contributed by atoms with Gasteiger partial charge in [-0.05, 0) is 38.7 Å². The van der Waals surface area contributed by atoms with Crippen LogP contribution in [0.4, 0.5) is 11.5 Å². The van der Waals surface area contributed by atoms with Gasteiger partial charge in [0, 0.05) is 31.0 Å². The Morgan fingerprint density at radius 3 is 3.00 bits per heavy atom. The Morgan fingerprint density at radius 2 is 2.32 bits per heavy atom. The molecule has 6 heteroatoms. The van der Waals surface area contributed by atoms with Crippen molar-refractivity contribution >= 4 is 11.5 Å². The van der Waals surface area contributed by atoms with Crippen molar-refractivity contribution in [2.45, 2.75) is 38.6 Å². The van der Waals surface area contributed by atoms with Crippen LogP contribution in [0.25, 0.3) is 0 Å². The summed E-state index contributed by atoms with van der Waals surface area (Å²) < 4.78 is 0. The molecule has 1 aromatic rings. The molecule has 0 aromatic carbocycles. The second-order valence-corrected chi connectivity index (χ2v) is 4.91. The number of aromatic nitrogens is 1. The Bertz CT molecular complexity index is 462. The maximum absolute atomic E-state index is 11.1. The van der Waals surface area contributed by atoms with Crippen molar-refractivity contribution in [3.63, 3.8) is 0 Å². The van der Waals surface area contributed by atoms with E-state index < -0.39 is 0 Å². The Balaban J connectivity index is 2.37. The van der Waals surface area contributed by atoms with Crippen LogP contribution < -0.4 is 4.90 Å². The first-order chi connectivity index (χ1) is 9.13. The van der Waals surface area contributed by atoms with Crippen LogP contribution >= 0.6 is 0 Å². The van der Waals surface area contributed by atoms with Crippen LogP contribution in [0.15, 0.2) is 12.1 Å². The van der Waals surface area contributed by atoms with Gasteiger partial charge in [-0.15, -0.1) is 0 Å². The summed E-state index contributed by atoms with van der Waals surface area (Å²) in [6.07, 6.45) is 3.69. The van der Waals surface area contributed by atoms with Crippen molar-refractivity contribution < 1.29 is 10.0 Å². The van der Waals surface area contributed by atoms with Crippen LogP contribution in [0.2, 0.25) is 0 Å². The van der Waals surface area contributed by atoms with Crippen LogP contribution in [0.1, 0.15) is 31.4 Å². The number of piperidine rings is 1. The molecule has 0 bridgehead atoms. The summed E-state index contributed by atoms with van der Waals surface area (Å²) in [5.74, 6) is 0.447. The van der Waals surface area contributed by atoms with E-state index in [1.54, 1.807) is 6.07 Å². The molecule has 1 fully saturated rings. The third-order valence-electron chi connectivity index (χ3n) is 3.55. The lowest BCUT2D eigenvalue weighted by atomic mass is 9.99. The molecule has 0 amide bonds. The van der Waals surface area contributed by atoms with Crippen LogP contribution in [-0.2, 0) is 0 Å². The van der Waals surface area contributed by atoms with Crippen molar-refractivity contribution in [3.8, 4) is 0 Å². The summed E-state index contributed by atoms with van der Waals surface area (Å²) >= 11 is 0. The number of aliphatic hydroxyl groups excluding tert-OH is 1. The average Bonchev–Trinajstić information content (AvgIpc) is 2.39. The number of pyridine rings is 1. The molecule has 0 aliphatic carbocycles. The van der Waals surface area contributed by atoms with E-state index >= 15 is 0 Å². The van der Waals surface area contributed by atoms with E-state index in [4.69, 9.17) is 5.11 Å². The number of nitro groups is 1. The number of nitrogens with zero attached hydrogens (tertiary/aromatic N) is 3. The van der Waals surface area contributed by atoms with Crippen LogP contribution in [0.5, 0.6) is 0 Å². The van der Waals surface area contributed by atoms with Gasteiger partial charge >= 0.3 is 5.69 Å². The molecule has 1 unspecified atom stereocenters. The number of aliphatic hydroxyl groups is 1. The van der Waals surface area contributed by atoms with Gasteiger partial charge < -0.3 is 10.0 Å². The van der Waals surface area contributed by atoms with Gasteiger partial charge in [0.15, 0.2) is 0 Å². The summed E-state index contributed by atoms with van der Waals surface area (Å²) in [5, 5.41) is 20.3. The van der Waals surface area contributed by atoms with E-state index in [1.165, 1.54) is 6.07 Å². The SMILES string of the molecule is Cc1ccc([N+](=O)[O-])c(N2CCCCC2CCO)n1. The number of hydrogen-bond acceptors (Lipinski definition) is 5. The van der Waals surface area contributed by atoms with E-state index in [0.29, 0.717) is 12.2 Å². The van der Waals surface area contributed by atoms with Crippen LogP contribution in [-0.4, -0.2) is 34.2 Å². The molecule has 6 nitrogen and oxygen atoms in total. The summed E-state index contributed by atoms with van der Waals surface area (Å²) in [7, 11) is 0. The highest BCUT2D eigenvalue weighted by molar-refractivity contribution is 5.59. The van der Waals surface area contributed by atoms with E-state index in [2.05, 4.69) is 4.98 Å². The van der Waals surface area contributed by atoms with Crippen molar-refractivity contribution in [2.75, 3.05) is 18.1 Å². The molecular weight excluding hydrogens is 246 g/mol. The summed E-state index contributed by atoms with van der Waals surface area (Å²) in [4.78, 5) is 17.1. The highest BCUT2D eigenvalue weighted by atomic mass is 16.6. The number of rotatable bonds is 4. The lowest BCUT2D eigenvalue weighted by Crippen LogP contribution is -2.41. The molecule has 1 saturated heterocycles. The van der Waals surface area contributed by atoms with Gasteiger partial charge in [-0.2, -0.15) is 0 Å². The Labute approximate surface area is 112 Å². The molecule has 19 heavy (non-hydrogen) atoms. The van der Waals surface area contributed by atoms with Crippen molar-refractivity contribution in [3.05, 3.63) is 27.9 Å². The Hall–Kier alpha value is -1.69. The third kappa shape index (κ3) is 3.01. The monoisotopic (exact) mass is 265 g/mol. The summed E-state index contributed by atoms with van der Waals surface area (Å²) in [5.41, 5.74) is 0.823. The first kappa shape index (κ1) is 13.7. The number of hydrogen-bond donors (Lipinski definition) is 1. The zero-order valence-electron chi connectivity index (χ0n) is 11.1. The molecule has 0 saturated carbocycles. The first-order valence-electron chi connectivity index (χ1n) is 6.63. The average molecular weight is 265 g/mol. The highest BCUT2D eigenvalue weighted by Crippen LogP contribution is 2.32. The molecule has 1 N–H and O–H groups in total. The molecule has 104 valence electrons. The second kappa shape index (κ2) is 5.97. The predicted octanol–water partition coefficient (Wildman–Crippen LogP) is 2.04. The second-order valence-electron chi connectivity index (χ2n) is 4.91. The fourth-order valence-corrected chi connectivity index (χ4v) is 2.62. The van der Waals surface area contributed by atoms with E-state index in [0.717, 1.165) is 31.5 Å². The highest BCUT2D eigenvalue weighted by Gasteiger charge is 2.29. The van der Waals surface area contributed by atoms with Gasteiger partial charge in [0.05, 0.1) is 4.92 Å². The predicted molar refractivity (Wildman–Crippen MR) is 72.3 cm³/mol. The minimum Gasteiger partial charge on any atom is -0.396 e. The van der Waals surface area contributed by atoms with Gasteiger partial charge in [-0.25, -0.2) is 4.98 Å².